The summed E-state index contributed by atoms with van der Waals surface area (Å²) in [6, 6.07) is 0. The summed E-state index contributed by atoms with van der Waals surface area (Å²) in [4.78, 5) is 13.9. The number of ether oxygens (including phenoxy) is 1. The molecule has 4 nitrogen and oxygen atoms in total. The molecule has 0 aromatic carbocycles. The molecule has 1 heterocycles. The van der Waals surface area contributed by atoms with Crippen molar-refractivity contribution in [2.45, 2.75) is 52.7 Å². The van der Waals surface area contributed by atoms with Crippen LogP contribution in [-0.2, 0) is 9.53 Å². The fourth-order valence-electron chi connectivity index (χ4n) is 2.93. The Morgan fingerprint density at radius 2 is 1.91 bits per heavy atom. The Labute approximate surface area is 131 Å². The number of hydrogen-bond acceptors (Lipinski definition) is 3. The van der Waals surface area contributed by atoms with Crippen molar-refractivity contribution in [2.24, 2.45) is 23.7 Å². The maximum absolute atomic E-state index is 13.3. The largest absolute Gasteiger partial charge is 0.368 e. The van der Waals surface area contributed by atoms with E-state index in [0.717, 1.165) is 0 Å². The number of carbonyl (C=O) groups excluding carboxylic acids is 1. The number of hydrogen-bond donors (Lipinski definition) is 1. The normalized spacial score (nSPS) is 23.4. The van der Waals surface area contributed by atoms with Gasteiger partial charge in [0, 0.05) is 31.9 Å². The maximum atomic E-state index is 13.3. The summed E-state index contributed by atoms with van der Waals surface area (Å²) in [5, 5.41) is 9.75. The molecule has 4 atom stereocenters. The van der Waals surface area contributed by atoms with Gasteiger partial charge in [-0.05, 0) is 18.3 Å². The molecule has 22 heavy (non-hydrogen) atoms. The SMILES string of the molecule is COC(O)C(C)C(C)CC(C(=O)N1CCC(F)(F)C1)C(C)C. The average molecular weight is 321 g/mol. The third kappa shape index (κ3) is 4.88. The second-order valence-corrected chi connectivity index (χ2v) is 6.91. The van der Waals surface area contributed by atoms with Crippen LogP contribution in [0.4, 0.5) is 8.78 Å². The van der Waals surface area contributed by atoms with Crippen molar-refractivity contribution < 1.29 is 23.4 Å². The highest BCUT2D eigenvalue weighted by Gasteiger charge is 2.42. The van der Waals surface area contributed by atoms with Gasteiger partial charge in [-0.25, -0.2) is 8.78 Å². The maximum Gasteiger partial charge on any atom is 0.267 e. The van der Waals surface area contributed by atoms with E-state index in [-0.39, 0.29) is 42.5 Å². The van der Waals surface area contributed by atoms with Crippen LogP contribution in [0.3, 0.4) is 0 Å². The quantitative estimate of drug-likeness (QED) is 0.734. The lowest BCUT2D eigenvalue weighted by Gasteiger charge is -2.31. The molecule has 1 aliphatic rings. The summed E-state index contributed by atoms with van der Waals surface area (Å²) < 4.78 is 31.6. The monoisotopic (exact) mass is 321 g/mol. The molecule has 0 aromatic heterocycles. The highest BCUT2D eigenvalue weighted by atomic mass is 19.3. The van der Waals surface area contributed by atoms with Crippen molar-refractivity contribution in [3.05, 3.63) is 0 Å². The molecule has 6 heteroatoms. The average Bonchev–Trinajstić information content (AvgIpc) is 2.81. The van der Waals surface area contributed by atoms with Crippen LogP contribution in [0.15, 0.2) is 0 Å². The van der Waals surface area contributed by atoms with E-state index in [9.17, 15) is 18.7 Å². The van der Waals surface area contributed by atoms with E-state index in [1.54, 1.807) is 0 Å². The molecule has 0 saturated carbocycles. The molecule has 1 N–H and O–H groups in total. The Kier molecular flexibility index (Phi) is 6.74. The van der Waals surface area contributed by atoms with E-state index >= 15 is 0 Å². The molecule has 1 amide bonds. The van der Waals surface area contributed by atoms with Gasteiger partial charge in [0.15, 0.2) is 6.29 Å². The molecule has 4 unspecified atom stereocenters. The zero-order chi connectivity index (χ0) is 17.1. The van der Waals surface area contributed by atoms with Gasteiger partial charge >= 0.3 is 0 Å². The molecule has 0 spiro atoms. The zero-order valence-electron chi connectivity index (χ0n) is 14.2. The number of methoxy groups -OCH3 is 1. The summed E-state index contributed by atoms with van der Waals surface area (Å²) in [6.07, 6.45) is -0.577. The fourth-order valence-corrected chi connectivity index (χ4v) is 2.93. The van der Waals surface area contributed by atoms with Gasteiger partial charge in [0.2, 0.25) is 5.91 Å². The smallest absolute Gasteiger partial charge is 0.267 e. The highest BCUT2D eigenvalue weighted by molar-refractivity contribution is 5.79. The van der Waals surface area contributed by atoms with Gasteiger partial charge in [-0.2, -0.15) is 0 Å². The first-order chi connectivity index (χ1) is 10.1. The number of alkyl halides is 2. The van der Waals surface area contributed by atoms with Crippen molar-refractivity contribution in [3.8, 4) is 0 Å². The molecule has 1 fully saturated rings. The fraction of sp³-hybridized carbons (Fsp3) is 0.938. The summed E-state index contributed by atoms with van der Waals surface area (Å²) in [5.74, 6) is -3.28. The lowest BCUT2D eigenvalue weighted by Crippen LogP contribution is -2.39. The van der Waals surface area contributed by atoms with Crippen LogP contribution >= 0.6 is 0 Å². The van der Waals surface area contributed by atoms with Crippen molar-refractivity contribution in [1.82, 2.24) is 4.90 Å². The Balaban J connectivity index is 2.71. The second kappa shape index (κ2) is 7.68. The lowest BCUT2D eigenvalue weighted by atomic mass is 9.81. The third-order valence-corrected chi connectivity index (χ3v) is 4.82. The summed E-state index contributed by atoms with van der Waals surface area (Å²) in [5.41, 5.74) is 0. The van der Waals surface area contributed by atoms with Gasteiger partial charge in [0.05, 0.1) is 6.54 Å². The predicted octanol–water partition coefficient (Wildman–Crippen LogP) is 2.75. The van der Waals surface area contributed by atoms with Crippen LogP contribution in [-0.4, -0.2) is 48.3 Å². The van der Waals surface area contributed by atoms with Crippen molar-refractivity contribution in [3.63, 3.8) is 0 Å². The van der Waals surface area contributed by atoms with Crippen LogP contribution in [0.5, 0.6) is 0 Å². The Morgan fingerprint density at radius 3 is 2.32 bits per heavy atom. The second-order valence-electron chi connectivity index (χ2n) is 6.91. The molecule has 0 aromatic rings. The van der Waals surface area contributed by atoms with Crippen LogP contribution in [0, 0.1) is 23.7 Å². The van der Waals surface area contributed by atoms with Crippen LogP contribution in [0.2, 0.25) is 0 Å². The number of aliphatic hydroxyl groups excluding tert-OH is 1. The molecule has 130 valence electrons. The Hall–Kier alpha value is -0.750. The molecule has 0 radical (unpaired) electrons. The minimum atomic E-state index is -2.76. The number of rotatable bonds is 7. The number of carbonyl (C=O) groups is 1. The lowest BCUT2D eigenvalue weighted by molar-refractivity contribution is -0.141. The minimum Gasteiger partial charge on any atom is -0.368 e. The first kappa shape index (κ1) is 19.3. The minimum absolute atomic E-state index is 0.0504. The summed E-state index contributed by atoms with van der Waals surface area (Å²) in [7, 11) is 1.44. The summed E-state index contributed by atoms with van der Waals surface area (Å²) in [6.45, 7) is 7.33. The van der Waals surface area contributed by atoms with Crippen LogP contribution in [0.1, 0.15) is 40.5 Å². The Morgan fingerprint density at radius 1 is 1.32 bits per heavy atom. The van der Waals surface area contributed by atoms with Crippen molar-refractivity contribution >= 4 is 5.91 Å². The molecule has 0 bridgehead atoms. The van der Waals surface area contributed by atoms with E-state index in [0.29, 0.717) is 6.42 Å². The number of halogens is 2. The molecular formula is C16H29F2NO3. The van der Waals surface area contributed by atoms with Gasteiger partial charge in [-0.1, -0.05) is 27.7 Å². The first-order valence-electron chi connectivity index (χ1n) is 7.96. The molecule has 1 rings (SSSR count). The van der Waals surface area contributed by atoms with Gasteiger partial charge < -0.3 is 14.7 Å². The van der Waals surface area contributed by atoms with E-state index in [1.165, 1.54) is 12.0 Å². The van der Waals surface area contributed by atoms with Crippen LogP contribution in [0.25, 0.3) is 0 Å². The molecular weight excluding hydrogens is 292 g/mol. The van der Waals surface area contributed by atoms with Gasteiger partial charge in [0.1, 0.15) is 0 Å². The standard InChI is InChI=1S/C16H29F2NO3/c1-10(2)13(8-11(3)12(4)15(21)22-5)14(20)19-7-6-16(17,18)9-19/h10-13,15,21H,6-9H2,1-5H3. The van der Waals surface area contributed by atoms with Gasteiger partial charge in [-0.3, -0.25) is 4.79 Å². The highest BCUT2D eigenvalue weighted by Crippen LogP contribution is 2.32. The molecule has 1 aliphatic heterocycles. The van der Waals surface area contributed by atoms with E-state index in [1.807, 2.05) is 27.7 Å². The summed E-state index contributed by atoms with van der Waals surface area (Å²) >= 11 is 0. The molecule has 1 saturated heterocycles. The predicted molar refractivity (Wildman–Crippen MR) is 80.4 cm³/mol. The van der Waals surface area contributed by atoms with Gasteiger partial charge in [0.25, 0.3) is 5.92 Å². The number of likely N-dealkylation sites (tertiary alicyclic amines) is 1. The third-order valence-electron chi connectivity index (χ3n) is 4.82. The van der Waals surface area contributed by atoms with E-state index in [2.05, 4.69) is 0 Å². The number of aliphatic hydroxyl groups is 1. The van der Waals surface area contributed by atoms with E-state index in [4.69, 9.17) is 4.74 Å². The topological polar surface area (TPSA) is 49.8 Å². The van der Waals surface area contributed by atoms with Gasteiger partial charge in [-0.15, -0.1) is 0 Å². The number of nitrogens with zero attached hydrogens (tertiary/aromatic N) is 1. The first-order valence-corrected chi connectivity index (χ1v) is 7.96. The van der Waals surface area contributed by atoms with Crippen molar-refractivity contribution in [1.29, 1.82) is 0 Å². The van der Waals surface area contributed by atoms with Crippen LogP contribution < -0.4 is 0 Å². The molecule has 0 aliphatic carbocycles. The number of amides is 1. The zero-order valence-corrected chi connectivity index (χ0v) is 14.2. The van der Waals surface area contributed by atoms with Crippen molar-refractivity contribution in [2.75, 3.05) is 20.2 Å². The Bertz CT molecular complexity index is 376. The van der Waals surface area contributed by atoms with E-state index < -0.39 is 18.8 Å².